The number of thiazole rings is 1. The third-order valence-corrected chi connectivity index (χ3v) is 4.97. The first kappa shape index (κ1) is 18.0. The number of aromatic nitrogens is 1. The maximum absolute atomic E-state index is 12.1. The van der Waals surface area contributed by atoms with E-state index in [-0.39, 0.29) is 11.7 Å². The number of Topliss-reactive ketones (excluding diaryl/α,β-unsaturated/α-hetero) is 1. The van der Waals surface area contributed by atoms with E-state index < -0.39 is 0 Å². The van der Waals surface area contributed by atoms with Gasteiger partial charge in [0.25, 0.3) is 0 Å². The van der Waals surface area contributed by atoms with Gasteiger partial charge in [-0.1, -0.05) is 29.8 Å². The van der Waals surface area contributed by atoms with Crippen molar-refractivity contribution in [1.29, 1.82) is 0 Å². The van der Waals surface area contributed by atoms with Gasteiger partial charge in [0.1, 0.15) is 5.01 Å². The number of amides is 1. The Kier molecular flexibility index (Phi) is 5.58. The molecular weight excluding hydrogens is 344 g/mol. The maximum Gasteiger partial charge on any atom is 0.224 e. The lowest BCUT2D eigenvalue weighted by Gasteiger charge is -2.05. The molecule has 0 aliphatic carbocycles. The molecule has 0 atom stereocenters. The van der Waals surface area contributed by atoms with Gasteiger partial charge in [-0.05, 0) is 44.5 Å². The Balaban J connectivity index is 1.54. The van der Waals surface area contributed by atoms with Crippen LogP contribution in [0.3, 0.4) is 0 Å². The van der Waals surface area contributed by atoms with Crippen molar-refractivity contribution in [1.82, 2.24) is 4.98 Å². The molecule has 0 saturated carbocycles. The van der Waals surface area contributed by atoms with E-state index in [1.54, 1.807) is 35.6 Å². The molecule has 3 rings (SSSR count). The van der Waals surface area contributed by atoms with Crippen LogP contribution in [-0.4, -0.2) is 16.7 Å². The van der Waals surface area contributed by atoms with Gasteiger partial charge in [-0.2, -0.15) is 0 Å². The van der Waals surface area contributed by atoms with Crippen LogP contribution >= 0.6 is 11.3 Å². The van der Waals surface area contributed by atoms with Crippen LogP contribution in [-0.2, 0) is 11.2 Å². The van der Waals surface area contributed by atoms with Gasteiger partial charge >= 0.3 is 0 Å². The Labute approximate surface area is 156 Å². The molecule has 1 N–H and O–H groups in total. The van der Waals surface area contributed by atoms with E-state index >= 15 is 0 Å². The van der Waals surface area contributed by atoms with Gasteiger partial charge in [0, 0.05) is 28.6 Å². The smallest absolute Gasteiger partial charge is 0.224 e. The summed E-state index contributed by atoms with van der Waals surface area (Å²) in [6.45, 7) is 3.58. The molecule has 0 aliphatic rings. The van der Waals surface area contributed by atoms with E-state index in [0.717, 1.165) is 16.3 Å². The zero-order valence-corrected chi connectivity index (χ0v) is 15.6. The minimum atomic E-state index is -0.0644. The molecule has 0 bridgehead atoms. The van der Waals surface area contributed by atoms with Crippen molar-refractivity contribution < 1.29 is 9.59 Å². The predicted octanol–water partition coefficient (Wildman–Crippen LogP) is 4.89. The lowest BCUT2D eigenvalue weighted by atomic mass is 10.1. The molecule has 1 amide bonds. The quantitative estimate of drug-likeness (QED) is 0.633. The maximum atomic E-state index is 12.1. The molecule has 1 heterocycles. The molecule has 3 aromatic rings. The Hall–Kier alpha value is -2.79. The summed E-state index contributed by atoms with van der Waals surface area (Å²) in [6, 6.07) is 15.2. The minimum Gasteiger partial charge on any atom is -0.326 e. The first-order chi connectivity index (χ1) is 12.5. The van der Waals surface area contributed by atoms with Gasteiger partial charge in [-0.15, -0.1) is 11.3 Å². The fraction of sp³-hybridized carbons (Fsp3) is 0.190. The van der Waals surface area contributed by atoms with Crippen LogP contribution in [0, 0.1) is 6.92 Å². The van der Waals surface area contributed by atoms with Crippen LogP contribution in [0.4, 0.5) is 5.69 Å². The SMILES string of the molecule is CC(=O)c1ccc(NC(=O)CCc2csc(-c3ccc(C)cc3)n2)cc1. The predicted molar refractivity (Wildman–Crippen MR) is 106 cm³/mol. The highest BCUT2D eigenvalue weighted by Gasteiger charge is 2.08. The monoisotopic (exact) mass is 364 g/mol. The molecule has 4 nitrogen and oxygen atoms in total. The van der Waals surface area contributed by atoms with Crippen LogP contribution in [0.2, 0.25) is 0 Å². The molecule has 26 heavy (non-hydrogen) atoms. The number of rotatable bonds is 6. The van der Waals surface area contributed by atoms with Crippen LogP contribution < -0.4 is 5.32 Å². The molecule has 5 heteroatoms. The summed E-state index contributed by atoms with van der Waals surface area (Å²) in [5.74, 6) is -0.0544. The van der Waals surface area contributed by atoms with Gasteiger partial charge < -0.3 is 5.32 Å². The second kappa shape index (κ2) is 8.06. The third-order valence-electron chi connectivity index (χ3n) is 4.03. The van der Waals surface area contributed by atoms with Crippen molar-refractivity contribution in [2.75, 3.05) is 5.32 Å². The standard InChI is InChI=1S/C21H20N2O2S/c1-14-3-5-17(6-4-14)21-23-19(13-26-21)11-12-20(25)22-18-9-7-16(8-10-18)15(2)24/h3-10,13H,11-12H2,1-2H3,(H,22,25). The van der Waals surface area contributed by atoms with E-state index in [9.17, 15) is 9.59 Å². The largest absolute Gasteiger partial charge is 0.326 e. The number of anilines is 1. The summed E-state index contributed by atoms with van der Waals surface area (Å²) in [5, 5.41) is 5.82. The van der Waals surface area contributed by atoms with E-state index in [0.29, 0.717) is 24.1 Å². The number of carbonyl (C=O) groups is 2. The van der Waals surface area contributed by atoms with Gasteiger partial charge in [-0.25, -0.2) is 4.98 Å². The molecular formula is C21H20N2O2S. The van der Waals surface area contributed by atoms with Crippen molar-refractivity contribution in [3.05, 3.63) is 70.7 Å². The minimum absolute atomic E-state index is 0.00999. The van der Waals surface area contributed by atoms with Crippen molar-refractivity contribution in [3.63, 3.8) is 0 Å². The number of ketones is 1. The van der Waals surface area contributed by atoms with E-state index in [4.69, 9.17) is 0 Å². The Morgan fingerprint density at radius 3 is 2.38 bits per heavy atom. The van der Waals surface area contributed by atoms with Crippen molar-refractivity contribution in [2.45, 2.75) is 26.7 Å². The average Bonchev–Trinajstić information content (AvgIpc) is 3.10. The van der Waals surface area contributed by atoms with Gasteiger partial charge in [0.2, 0.25) is 5.91 Å². The van der Waals surface area contributed by atoms with E-state index in [1.165, 1.54) is 12.5 Å². The lowest BCUT2D eigenvalue weighted by Crippen LogP contribution is -2.12. The summed E-state index contributed by atoms with van der Waals surface area (Å²) in [4.78, 5) is 28.0. The summed E-state index contributed by atoms with van der Waals surface area (Å²) < 4.78 is 0. The number of hydrogen-bond donors (Lipinski definition) is 1. The second-order valence-corrected chi connectivity index (χ2v) is 7.05. The van der Waals surface area contributed by atoms with Gasteiger partial charge in [0.15, 0.2) is 5.78 Å². The highest BCUT2D eigenvalue weighted by atomic mass is 32.1. The lowest BCUT2D eigenvalue weighted by molar-refractivity contribution is -0.116. The normalized spacial score (nSPS) is 10.5. The fourth-order valence-corrected chi connectivity index (χ4v) is 3.36. The molecule has 0 aliphatic heterocycles. The number of hydrogen-bond acceptors (Lipinski definition) is 4. The van der Waals surface area contributed by atoms with Crippen LogP contribution in [0.5, 0.6) is 0 Å². The number of aryl methyl sites for hydroxylation is 2. The summed E-state index contributed by atoms with van der Waals surface area (Å²) in [5.41, 5.74) is 4.57. The molecule has 0 saturated heterocycles. The first-order valence-electron chi connectivity index (χ1n) is 8.43. The second-order valence-electron chi connectivity index (χ2n) is 6.19. The van der Waals surface area contributed by atoms with Crippen LogP contribution in [0.15, 0.2) is 53.9 Å². The topological polar surface area (TPSA) is 59.1 Å². The van der Waals surface area contributed by atoms with Crippen molar-refractivity contribution in [2.24, 2.45) is 0 Å². The van der Waals surface area contributed by atoms with Gasteiger partial charge in [-0.3, -0.25) is 9.59 Å². The number of benzene rings is 2. The Bertz CT molecular complexity index is 912. The first-order valence-corrected chi connectivity index (χ1v) is 9.31. The molecule has 132 valence electrons. The number of carbonyl (C=O) groups excluding carboxylic acids is 2. The van der Waals surface area contributed by atoms with Gasteiger partial charge in [0.05, 0.1) is 5.69 Å². The zero-order valence-electron chi connectivity index (χ0n) is 14.8. The Morgan fingerprint density at radius 1 is 1.04 bits per heavy atom. The number of nitrogens with zero attached hydrogens (tertiary/aromatic N) is 1. The zero-order chi connectivity index (χ0) is 18.5. The fourth-order valence-electron chi connectivity index (χ4n) is 2.50. The molecule has 0 unspecified atom stereocenters. The van der Waals surface area contributed by atoms with Crippen LogP contribution in [0.25, 0.3) is 10.6 Å². The van der Waals surface area contributed by atoms with Crippen LogP contribution in [0.1, 0.15) is 35.0 Å². The summed E-state index contributed by atoms with van der Waals surface area (Å²) in [7, 11) is 0. The molecule has 1 aromatic heterocycles. The molecule has 0 fully saturated rings. The van der Waals surface area contributed by atoms with Crippen molar-refractivity contribution >= 4 is 28.7 Å². The molecule has 2 aromatic carbocycles. The molecule has 0 radical (unpaired) electrons. The Morgan fingerprint density at radius 2 is 1.73 bits per heavy atom. The van der Waals surface area contributed by atoms with Crippen molar-refractivity contribution in [3.8, 4) is 10.6 Å². The highest BCUT2D eigenvalue weighted by molar-refractivity contribution is 7.13. The molecule has 0 spiro atoms. The summed E-state index contributed by atoms with van der Waals surface area (Å²) in [6.07, 6.45) is 0.964. The number of nitrogens with one attached hydrogen (secondary N) is 1. The average molecular weight is 364 g/mol. The van der Waals surface area contributed by atoms with E-state index in [1.807, 2.05) is 5.38 Å². The summed E-state index contributed by atoms with van der Waals surface area (Å²) >= 11 is 1.59. The van der Waals surface area contributed by atoms with E-state index in [2.05, 4.69) is 41.5 Å². The highest BCUT2D eigenvalue weighted by Crippen LogP contribution is 2.24. The third kappa shape index (κ3) is 4.64.